The van der Waals surface area contributed by atoms with Crippen LogP contribution in [0.5, 0.6) is 11.5 Å². The molecule has 0 fully saturated rings. The molecule has 2 aromatic carbocycles. The first-order valence-electron chi connectivity index (χ1n) is 8.47. The quantitative estimate of drug-likeness (QED) is 0.621. The van der Waals surface area contributed by atoms with Crippen molar-refractivity contribution < 1.29 is 18.7 Å². The standard InChI is InChI=1S/C21H20ClNO4/c1-14(15-3-7-17(25-2)8-4-15)23-21(24)20-12-11-19(27-20)13-26-18-9-5-16(22)6-10-18/h3-12,14H,13H2,1-2H3,(H,23,24). The van der Waals surface area contributed by atoms with Gasteiger partial charge in [-0.05, 0) is 61.0 Å². The molecule has 0 radical (unpaired) electrons. The molecule has 6 heteroatoms. The number of benzene rings is 2. The van der Waals surface area contributed by atoms with Crippen LogP contribution in [0.1, 0.15) is 34.8 Å². The SMILES string of the molecule is COc1ccc(C(C)NC(=O)c2ccc(COc3ccc(Cl)cc3)o2)cc1. The first-order chi connectivity index (χ1) is 13.0. The molecule has 1 N–H and O–H groups in total. The van der Waals surface area contributed by atoms with E-state index >= 15 is 0 Å². The second kappa shape index (κ2) is 8.64. The molecule has 0 bridgehead atoms. The van der Waals surface area contributed by atoms with Gasteiger partial charge in [0.2, 0.25) is 0 Å². The Balaban J connectivity index is 1.56. The van der Waals surface area contributed by atoms with Gasteiger partial charge in [0.15, 0.2) is 5.76 Å². The largest absolute Gasteiger partial charge is 0.497 e. The van der Waals surface area contributed by atoms with Crippen LogP contribution >= 0.6 is 11.6 Å². The topological polar surface area (TPSA) is 60.7 Å². The number of rotatable bonds is 7. The van der Waals surface area contributed by atoms with Gasteiger partial charge < -0.3 is 19.2 Å². The highest BCUT2D eigenvalue weighted by Gasteiger charge is 2.15. The van der Waals surface area contributed by atoms with Crippen LogP contribution in [0.15, 0.2) is 65.1 Å². The molecule has 1 heterocycles. The van der Waals surface area contributed by atoms with E-state index < -0.39 is 0 Å². The summed E-state index contributed by atoms with van der Waals surface area (Å²) in [5.41, 5.74) is 0.974. The number of hydrogen-bond acceptors (Lipinski definition) is 4. The van der Waals surface area contributed by atoms with Gasteiger partial charge in [-0.3, -0.25) is 4.79 Å². The van der Waals surface area contributed by atoms with Crippen molar-refractivity contribution >= 4 is 17.5 Å². The molecule has 0 saturated carbocycles. The fourth-order valence-corrected chi connectivity index (χ4v) is 2.63. The van der Waals surface area contributed by atoms with E-state index in [4.69, 9.17) is 25.5 Å². The van der Waals surface area contributed by atoms with Crippen LogP contribution in [0.2, 0.25) is 5.02 Å². The molecule has 3 aromatic rings. The molecule has 0 aliphatic carbocycles. The summed E-state index contributed by atoms with van der Waals surface area (Å²) >= 11 is 5.84. The van der Waals surface area contributed by atoms with Crippen LogP contribution in [0.4, 0.5) is 0 Å². The Morgan fingerprint density at radius 2 is 1.70 bits per heavy atom. The zero-order valence-corrected chi connectivity index (χ0v) is 15.8. The van der Waals surface area contributed by atoms with E-state index in [1.165, 1.54) is 0 Å². The number of amides is 1. The summed E-state index contributed by atoms with van der Waals surface area (Å²) in [6, 6.07) is 17.8. The Labute approximate surface area is 162 Å². The van der Waals surface area contributed by atoms with Gasteiger partial charge in [-0.25, -0.2) is 0 Å². The van der Waals surface area contributed by atoms with Gasteiger partial charge in [0.1, 0.15) is 23.9 Å². The van der Waals surface area contributed by atoms with E-state index in [9.17, 15) is 4.79 Å². The van der Waals surface area contributed by atoms with Crippen molar-refractivity contribution in [1.29, 1.82) is 0 Å². The van der Waals surface area contributed by atoms with Crippen molar-refractivity contribution in [2.24, 2.45) is 0 Å². The van der Waals surface area contributed by atoms with Crippen molar-refractivity contribution in [3.8, 4) is 11.5 Å². The first kappa shape index (κ1) is 18.9. The van der Waals surface area contributed by atoms with Crippen LogP contribution in [0.3, 0.4) is 0 Å². The van der Waals surface area contributed by atoms with Gasteiger partial charge in [0.25, 0.3) is 5.91 Å². The van der Waals surface area contributed by atoms with Gasteiger partial charge in [-0.15, -0.1) is 0 Å². The van der Waals surface area contributed by atoms with Crippen molar-refractivity contribution in [3.05, 3.63) is 82.8 Å². The van der Waals surface area contributed by atoms with E-state index in [1.54, 1.807) is 43.5 Å². The highest BCUT2D eigenvalue weighted by atomic mass is 35.5. The second-order valence-corrected chi connectivity index (χ2v) is 6.41. The van der Waals surface area contributed by atoms with Gasteiger partial charge in [0.05, 0.1) is 13.2 Å². The average molecular weight is 386 g/mol. The maximum Gasteiger partial charge on any atom is 0.287 e. The molecule has 0 saturated heterocycles. The van der Waals surface area contributed by atoms with Crippen LogP contribution in [-0.4, -0.2) is 13.0 Å². The third kappa shape index (κ3) is 5.05. The van der Waals surface area contributed by atoms with Crippen LogP contribution in [0.25, 0.3) is 0 Å². The Kier molecular flexibility index (Phi) is 6.04. The molecule has 1 amide bonds. The number of methoxy groups -OCH3 is 1. The maximum atomic E-state index is 12.4. The maximum absolute atomic E-state index is 12.4. The van der Waals surface area contributed by atoms with Crippen LogP contribution < -0.4 is 14.8 Å². The Bertz CT molecular complexity index is 887. The summed E-state index contributed by atoms with van der Waals surface area (Å²) in [7, 11) is 1.62. The van der Waals surface area contributed by atoms with E-state index in [2.05, 4.69) is 5.32 Å². The van der Waals surface area contributed by atoms with Gasteiger partial charge in [0, 0.05) is 5.02 Å². The first-order valence-corrected chi connectivity index (χ1v) is 8.85. The fourth-order valence-electron chi connectivity index (χ4n) is 2.51. The molecular weight excluding hydrogens is 366 g/mol. The minimum atomic E-state index is -0.281. The fraction of sp³-hybridized carbons (Fsp3) is 0.190. The lowest BCUT2D eigenvalue weighted by atomic mass is 10.1. The number of hydrogen-bond donors (Lipinski definition) is 1. The minimum Gasteiger partial charge on any atom is -0.497 e. The highest BCUT2D eigenvalue weighted by Crippen LogP contribution is 2.20. The minimum absolute atomic E-state index is 0.165. The lowest BCUT2D eigenvalue weighted by molar-refractivity contribution is 0.0907. The third-order valence-corrected chi connectivity index (χ3v) is 4.30. The number of furan rings is 1. The number of halogens is 1. The smallest absolute Gasteiger partial charge is 0.287 e. The summed E-state index contributed by atoms with van der Waals surface area (Å²) in [6.07, 6.45) is 0. The van der Waals surface area contributed by atoms with Crippen LogP contribution in [-0.2, 0) is 6.61 Å². The molecule has 27 heavy (non-hydrogen) atoms. The number of ether oxygens (including phenoxy) is 2. The summed E-state index contributed by atoms with van der Waals surface area (Å²) < 4.78 is 16.3. The lowest BCUT2D eigenvalue weighted by Gasteiger charge is -2.13. The average Bonchev–Trinajstić information content (AvgIpc) is 3.17. The molecule has 0 spiro atoms. The predicted molar refractivity (Wildman–Crippen MR) is 103 cm³/mol. The molecule has 5 nitrogen and oxygen atoms in total. The molecule has 3 rings (SSSR count). The molecule has 0 aliphatic heterocycles. The monoisotopic (exact) mass is 385 g/mol. The van der Waals surface area contributed by atoms with Gasteiger partial charge >= 0.3 is 0 Å². The zero-order chi connectivity index (χ0) is 19.2. The summed E-state index contributed by atoms with van der Waals surface area (Å²) in [4.78, 5) is 12.4. The van der Waals surface area contributed by atoms with Crippen molar-refractivity contribution in [2.45, 2.75) is 19.6 Å². The summed E-state index contributed by atoms with van der Waals surface area (Å²) in [6.45, 7) is 2.14. The van der Waals surface area contributed by atoms with E-state index in [0.29, 0.717) is 16.5 Å². The normalized spacial score (nSPS) is 11.7. The highest BCUT2D eigenvalue weighted by molar-refractivity contribution is 6.30. The Morgan fingerprint density at radius 3 is 2.37 bits per heavy atom. The van der Waals surface area contributed by atoms with Crippen LogP contribution in [0, 0.1) is 0 Å². The second-order valence-electron chi connectivity index (χ2n) is 5.98. The van der Waals surface area contributed by atoms with Crippen molar-refractivity contribution in [3.63, 3.8) is 0 Å². The Hall–Kier alpha value is -2.92. The van der Waals surface area contributed by atoms with Gasteiger partial charge in [-0.1, -0.05) is 23.7 Å². The lowest BCUT2D eigenvalue weighted by Crippen LogP contribution is -2.26. The van der Waals surface area contributed by atoms with E-state index in [-0.39, 0.29) is 24.3 Å². The summed E-state index contributed by atoms with van der Waals surface area (Å²) in [5.74, 6) is 1.97. The molecule has 1 atom stereocenters. The molecule has 140 valence electrons. The molecule has 0 aliphatic rings. The number of carbonyl (C=O) groups excluding carboxylic acids is 1. The molecule has 1 unspecified atom stereocenters. The van der Waals surface area contributed by atoms with Gasteiger partial charge in [-0.2, -0.15) is 0 Å². The molecule has 1 aromatic heterocycles. The third-order valence-electron chi connectivity index (χ3n) is 4.04. The number of carbonyl (C=O) groups is 1. The summed E-state index contributed by atoms with van der Waals surface area (Å²) in [5, 5.41) is 3.56. The van der Waals surface area contributed by atoms with Crippen molar-refractivity contribution in [1.82, 2.24) is 5.32 Å². The predicted octanol–water partition coefficient (Wildman–Crippen LogP) is 5.01. The van der Waals surface area contributed by atoms with E-state index in [0.717, 1.165) is 11.3 Å². The Morgan fingerprint density at radius 1 is 1.04 bits per heavy atom. The van der Waals surface area contributed by atoms with E-state index in [1.807, 2.05) is 31.2 Å². The van der Waals surface area contributed by atoms with Crippen molar-refractivity contribution in [2.75, 3.05) is 7.11 Å². The zero-order valence-electron chi connectivity index (χ0n) is 15.1. The molecular formula is C21H20ClNO4. The number of nitrogens with one attached hydrogen (secondary N) is 1.